The van der Waals surface area contributed by atoms with Crippen LogP contribution in [-0.2, 0) is 10.9 Å². The third-order valence-corrected chi connectivity index (χ3v) is 3.30. The fourth-order valence-corrected chi connectivity index (χ4v) is 2.25. The lowest BCUT2D eigenvalue weighted by atomic mass is 10.1. The molecular weight excluding hydrogens is 287 g/mol. The Morgan fingerprint density at radius 2 is 2.14 bits per heavy atom. The Morgan fingerprint density at radius 1 is 1.29 bits per heavy atom. The number of hydrogen-bond donors (Lipinski definition) is 1. The number of alkyl halides is 3. The Labute approximate surface area is 118 Å². The van der Waals surface area contributed by atoms with E-state index < -0.39 is 12.0 Å². The van der Waals surface area contributed by atoms with Gasteiger partial charge in [-0.25, -0.2) is 0 Å². The molecule has 9 heteroatoms. The summed E-state index contributed by atoms with van der Waals surface area (Å²) in [5.74, 6) is -0.794. The minimum absolute atomic E-state index is 0.0572. The molecule has 0 radical (unpaired) electrons. The average molecular weight is 301 g/mol. The molecule has 3 rings (SSSR count). The number of halogens is 3. The van der Waals surface area contributed by atoms with Crippen molar-refractivity contribution in [2.24, 2.45) is 0 Å². The van der Waals surface area contributed by atoms with Crippen molar-refractivity contribution in [1.82, 2.24) is 19.8 Å². The number of nitrogens with one attached hydrogen (secondary N) is 1. The first-order chi connectivity index (χ1) is 10.0. The second kappa shape index (κ2) is 5.47. The van der Waals surface area contributed by atoms with E-state index in [1.807, 2.05) is 0 Å². The van der Waals surface area contributed by atoms with Gasteiger partial charge in [0.1, 0.15) is 5.82 Å². The van der Waals surface area contributed by atoms with Crippen molar-refractivity contribution in [3.8, 4) is 0 Å². The van der Waals surface area contributed by atoms with Gasteiger partial charge in [-0.3, -0.25) is 0 Å². The van der Waals surface area contributed by atoms with Crippen LogP contribution in [0, 0.1) is 0 Å². The number of rotatable bonds is 3. The molecule has 1 atom stereocenters. The van der Waals surface area contributed by atoms with Crippen LogP contribution < -0.4 is 5.32 Å². The van der Waals surface area contributed by atoms with Crippen LogP contribution in [-0.4, -0.2) is 39.1 Å². The molecule has 1 N–H and O–H groups in total. The Hall–Kier alpha value is -1.90. The number of hydrogen-bond acceptors (Lipinski definition) is 5. The van der Waals surface area contributed by atoms with Gasteiger partial charge in [0.05, 0.1) is 6.10 Å². The van der Waals surface area contributed by atoms with E-state index in [4.69, 9.17) is 4.74 Å². The van der Waals surface area contributed by atoms with Crippen LogP contribution in [0.1, 0.15) is 25.1 Å². The molecule has 1 saturated heterocycles. The van der Waals surface area contributed by atoms with Crippen molar-refractivity contribution in [3.05, 3.63) is 18.0 Å². The molecular formula is C12H14F3N5O. The highest BCUT2D eigenvalue weighted by Crippen LogP contribution is 2.27. The Kier molecular flexibility index (Phi) is 3.66. The normalized spacial score (nSPS) is 19.9. The van der Waals surface area contributed by atoms with E-state index in [0.29, 0.717) is 16.9 Å². The number of anilines is 1. The van der Waals surface area contributed by atoms with E-state index in [-0.39, 0.29) is 11.8 Å². The number of fused-ring (bicyclic) bond motifs is 1. The highest BCUT2D eigenvalue weighted by molar-refractivity contribution is 5.44. The summed E-state index contributed by atoms with van der Waals surface area (Å²) < 4.78 is 44.5. The molecule has 1 aliphatic heterocycles. The summed E-state index contributed by atoms with van der Waals surface area (Å²) in [6.07, 6.45) is -1.43. The highest BCUT2D eigenvalue weighted by atomic mass is 19.4. The van der Waals surface area contributed by atoms with Crippen LogP contribution >= 0.6 is 0 Å². The predicted molar refractivity (Wildman–Crippen MR) is 67.9 cm³/mol. The number of aromatic nitrogens is 4. The summed E-state index contributed by atoms with van der Waals surface area (Å²) in [6.45, 7) is 1.24. The van der Waals surface area contributed by atoms with Gasteiger partial charge in [-0.15, -0.1) is 15.3 Å². The molecule has 2 aromatic rings. The lowest BCUT2D eigenvalue weighted by molar-refractivity contribution is -0.146. The Balaban J connectivity index is 1.76. The van der Waals surface area contributed by atoms with Crippen molar-refractivity contribution in [1.29, 1.82) is 0 Å². The largest absolute Gasteiger partial charge is 0.453 e. The molecule has 21 heavy (non-hydrogen) atoms. The smallest absolute Gasteiger partial charge is 0.376 e. The molecule has 0 bridgehead atoms. The Bertz CT molecular complexity index is 621. The molecule has 114 valence electrons. The van der Waals surface area contributed by atoms with Crippen LogP contribution in [0.4, 0.5) is 19.0 Å². The zero-order valence-electron chi connectivity index (χ0n) is 11.1. The topological polar surface area (TPSA) is 64.3 Å². The Morgan fingerprint density at radius 3 is 2.86 bits per heavy atom. The van der Waals surface area contributed by atoms with Gasteiger partial charge in [0.15, 0.2) is 5.65 Å². The minimum Gasteiger partial charge on any atom is -0.376 e. The van der Waals surface area contributed by atoms with Crippen LogP contribution in [0.15, 0.2) is 12.1 Å². The van der Waals surface area contributed by atoms with E-state index in [0.717, 1.165) is 25.9 Å². The molecule has 0 amide bonds. The fraction of sp³-hybridized carbons (Fsp3) is 0.583. The summed E-state index contributed by atoms with van der Waals surface area (Å²) in [6, 6.07) is 3.02. The standard InChI is InChI=1S/C12H14F3N5O/c13-12(14,15)11-18-17-10-5-4-9(19-20(10)11)16-7-8-3-1-2-6-21-8/h4-5,8H,1-3,6-7H2,(H,16,19)/t8-/m0/s1. The first-order valence-electron chi connectivity index (χ1n) is 6.69. The van der Waals surface area contributed by atoms with Gasteiger partial charge < -0.3 is 10.1 Å². The molecule has 0 saturated carbocycles. The van der Waals surface area contributed by atoms with E-state index in [1.54, 1.807) is 6.07 Å². The van der Waals surface area contributed by atoms with E-state index in [1.165, 1.54) is 6.07 Å². The number of ether oxygens (including phenoxy) is 1. The lowest BCUT2D eigenvalue weighted by Gasteiger charge is -2.22. The zero-order valence-corrected chi connectivity index (χ0v) is 11.1. The van der Waals surface area contributed by atoms with Gasteiger partial charge in [-0.05, 0) is 31.4 Å². The fourth-order valence-electron chi connectivity index (χ4n) is 2.25. The van der Waals surface area contributed by atoms with Crippen molar-refractivity contribution >= 4 is 11.5 Å². The number of nitrogens with zero attached hydrogens (tertiary/aromatic N) is 4. The predicted octanol–water partition coefficient (Wildman–Crippen LogP) is 2.12. The lowest BCUT2D eigenvalue weighted by Crippen LogP contribution is -2.27. The van der Waals surface area contributed by atoms with E-state index >= 15 is 0 Å². The monoisotopic (exact) mass is 301 g/mol. The molecule has 3 heterocycles. The molecule has 2 aromatic heterocycles. The molecule has 1 fully saturated rings. The highest BCUT2D eigenvalue weighted by Gasteiger charge is 2.37. The van der Waals surface area contributed by atoms with Crippen LogP contribution in [0.5, 0.6) is 0 Å². The van der Waals surface area contributed by atoms with Crippen molar-refractivity contribution in [2.45, 2.75) is 31.5 Å². The van der Waals surface area contributed by atoms with Gasteiger partial charge in [0, 0.05) is 13.2 Å². The van der Waals surface area contributed by atoms with Crippen molar-refractivity contribution in [2.75, 3.05) is 18.5 Å². The van der Waals surface area contributed by atoms with Gasteiger partial charge in [0.2, 0.25) is 0 Å². The SMILES string of the molecule is FC(F)(F)c1nnc2ccc(NC[C@@H]3CCCCO3)nn12. The first-order valence-corrected chi connectivity index (χ1v) is 6.69. The third kappa shape index (κ3) is 3.07. The van der Waals surface area contributed by atoms with Gasteiger partial charge in [-0.1, -0.05) is 0 Å². The third-order valence-electron chi connectivity index (χ3n) is 3.30. The van der Waals surface area contributed by atoms with Crippen molar-refractivity contribution in [3.63, 3.8) is 0 Å². The summed E-state index contributed by atoms with van der Waals surface area (Å²) in [5.41, 5.74) is 0.0572. The van der Waals surface area contributed by atoms with Crippen LogP contribution in [0.3, 0.4) is 0 Å². The summed E-state index contributed by atoms with van der Waals surface area (Å²) >= 11 is 0. The molecule has 1 aliphatic rings. The van der Waals surface area contributed by atoms with Crippen molar-refractivity contribution < 1.29 is 17.9 Å². The molecule has 0 spiro atoms. The van der Waals surface area contributed by atoms with E-state index in [9.17, 15) is 13.2 Å². The second-order valence-electron chi connectivity index (χ2n) is 4.88. The minimum atomic E-state index is -4.59. The molecule has 0 aromatic carbocycles. The average Bonchev–Trinajstić information content (AvgIpc) is 2.89. The van der Waals surface area contributed by atoms with Crippen LogP contribution in [0.25, 0.3) is 5.65 Å². The van der Waals surface area contributed by atoms with Crippen LogP contribution in [0.2, 0.25) is 0 Å². The maximum absolute atomic E-state index is 12.8. The first kappa shape index (κ1) is 14.1. The van der Waals surface area contributed by atoms with E-state index in [2.05, 4.69) is 20.6 Å². The van der Waals surface area contributed by atoms with Gasteiger partial charge >= 0.3 is 6.18 Å². The summed E-state index contributed by atoms with van der Waals surface area (Å²) in [4.78, 5) is 0. The molecule has 0 unspecified atom stereocenters. The quantitative estimate of drug-likeness (QED) is 0.941. The molecule has 6 nitrogen and oxygen atoms in total. The zero-order chi connectivity index (χ0) is 14.9. The maximum atomic E-state index is 12.8. The maximum Gasteiger partial charge on any atom is 0.453 e. The van der Waals surface area contributed by atoms with Gasteiger partial charge in [0.25, 0.3) is 5.82 Å². The second-order valence-corrected chi connectivity index (χ2v) is 4.88. The summed E-state index contributed by atoms with van der Waals surface area (Å²) in [5, 5.41) is 13.5. The van der Waals surface area contributed by atoms with Gasteiger partial charge in [-0.2, -0.15) is 17.7 Å². The molecule has 0 aliphatic carbocycles. The summed E-state index contributed by atoms with van der Waals surface area (Å²) in [7, 11) is 0.